The van der Waals surface area contributed by atoms with E-state index in [1.54, 1.807) is 11.1 Å². The second kappa shape index (κ2) is 12.2. The number of nitrogens with zero attached hydrogens (tertiary/aromatic N) is 1. The fourth-order valence-corrected chi connectivity index (χ4v) is 10.4. The maximum Gasteiger partial charge on any atom is 0.0465 e. The molecule has 9 rings (SSSR count). The molecule has 49 heavy (non-hydrogen) atoms. The third kappa shape index (κ3) is 4.97. The van der Waals surface area contributed by atoms with Gasteiger partial charge in [-0.3, -0.25) is 0 Å². The average Bonchev–Trinajstić information content (AvgIpc) is 3.45. The minimum absolute atomic E-state index is 0.0713. The summed E-state index contributed by atoms with van der Waals surface area (Å²) in [6, 6.07) is 56.6. The maximum atomic E-state index is 2.60. The number of fused-ring (bicyclic) bond motifs is 8. The topological polar surface area (TPSA) is 3.24 Å². The third-order valence-electron chi connectivity index (χ3n) is 12.3. The Kier molecular flexibility index (Phi) is 7.53. The predicted molar refractivity (Wildman–Crippen MR) is 207 cm³/mol. The molecule has 2 bridgehead atoms. The first-order chi connectivity index (χ1) is 24.1. The van der Waals surface area contributed by atoms with Gasteiger partial charge in [-0.05, 0) is 130 Å². The first-order valence-corrected chi connectivity index (χ1v) is 18.5. The summed E-state index contributed by atoms with van der Waals surface area (Å²) < 4.78 is 0. The van der Waals surface area contributed by atoms with Crippen LogP contribution < -0.4 is 4.90 Å². The Morgan fingerprint density at radius 1 is 0.510 bits per heavy atom. The lowest BCUT2D eigenvalue weighted by Crippen LogP contribution is -2.50. The Balaban J connectivity index is 1.21. The average molecular weight is 636 g/mol. The Bertz CT molecular complexity index is 1990. The molecule has 0 amide bonds. The molecule has 0 heterocycles. The van der Waals surface area contributed by atoms with Crippen molar-refractivity contribution in [3.05, 3.63) is 163 Å². The molecule has 1 spiro atoms. The number of hydrogen-bond donors (Lipinski definition) is 0. The third-order valence-corrected chi connectivity index (χ3v) is 12.3. The van der Waals surface area contributed by atoms with Crippen LogP contribution in [0.2, 0.25) is 0 Å². The Morgan fingerprint density at radius 2 is 1.04 bits per heavy atom. The molecule has 3 aliphatic rings. The lowest BCUT2D eigenvalue weighted by molar-refractivity contribution is 0.0330. The number of hydrogen-bond acceptors (Lipinski definition) is 1. The molecule has 1 nitrogen and oxygen atoms in total. The molecule has 3 aliphatic carbocycles. The summed E-state index contributed by atoms with van der Waals surface area (Å²) in [7, 11) is 0. The summed E-state index contributed by atoms with van der Waals surface area (Å²) in [6.45, 7) is 4.97. The van der Waals surface area contributed by atoms with Gasteiger partial charge >= 0.3 is 0 Å². The molecule has 0 aliphatic heterocycles. The molecule has 2 saturated carbocycles. The zero-order valence-electron chi connectivity index (χ0n) is 28.7. The van der Waals surface area contributed by atoms with Gasteiger partial charge in [-0.15, -0.1) is 0 Å². The van der Waals surface area contributed by atoms with Crippen LogP contribution in [0.1, 0.15) is 57.1 Å². The van der Waals surface area contributed by atoms with E-state index in [-0.39, 0.29) is 5.41 Å². The molecular formula is C48H45N. The minimum atomic E-state index is 0.0713. The molecule has 2 fully saturated rings. The number of anilines is 3. The molecular weight excluding hydrogens is 591 g/mol. The number of benzene rings is 6. The van der Waals surface area contributed by atoms with E-state index < -0.39 is 0 Å². The molecule has 1 heteroatoms. The van der Waals surface area contributed by atoms with Crippen molar-refractivity contribution in [3.8, 4) is 33.4 Å². The molecule has 0 aromatic heterocycles. The van der Waals surface area contributed by atoms with Crippen molar-refractivity contribution in [1.29, 1.82) is 0 Å². The van der Waals surface area contributed by atoms with Crippen LogP contribution in [-0.4, -0.2) is 0 Å². The monoisotopic (exact) mass is 635 g/mol. The fourth-order valence-electron chi connectivity index (χ4n) is 10.4. The maximum absolute atomic E-state index is 2.60. The van der Waals surface area contributed by atoms with E-state index in [0.29, 0.717) is 11.8 Å². The van der Waals surface area contributed by atoms with Crippen LogP contribution in [-0.2, 0) is 5.41 Å². The SMILES string of the molecule is CC[C@@H]1C[C@@H]2CC(C)C[C@@H](C2)C12c1ccccc1-c1ccc(N(c3ccc(-c4ccccc4)cc3)c3ccc(-c4ccccc4)cc3)cc12. The van der Waals surface area contributed by atoms with Crippen molar-refractivity contribution in [1.82, 2.24) is 0 Å². The van der Waals surface area contributed by atoms with E-state index in [2.05, 4.69) is 170 Å². The summed E-state index contributed by atoms with van der Waals surface area (Å²) in [5.41, 5.74) is 14.7. The van der Waals surface area contributed by atoms with Crippen LogP contribution >= 0.6 is 0 Å². The van der Waals surface area contributed by atoms with Crippen LogP contribution in [0, 0.1) is 23.7 Å². The summed E-state index contributed by atoms with van der Waals surface area (Å²) in [5.74, 6) is 3.00. The molecule has 242 valence electrons. The molecule has 0 radical (unpaired) electrons. The molecule has 6 aromatic rings. The smallest absolute Gasteiger partial charge is 0.0465 e. The van der Waals surface area contributed by atoms with E-state index in [0.717, 1.165) is 11.8 Å². The van der Waals surface area contributed by atoms with Crippen LogP contribution in [0.15, 0.2) is 152 Å². The summed E-state index contributed by atoms with van der Waals surface area (Å²) in [6.07, 6.45) is 6.68. The minimum Gasteiger partial charge on any atom is -0.310 e. The Hall–Kier alpha value is -4.88. The van der Waals surface area contributed by atoms with Crippen molar-refractivity contribution in [2.75, 3.05) is 4.90 Å². The van der Waals surface area contributed by atoms with Crippen molar-refractivity contribution < 1.29 is 0 Å². The Labute approximate surface area is 292 Å². The lowest BCUT2D eigenvalue weighted by Gasteiger charge is -2.55. The second-order valence-electron chi connectivity index (χ2n) is 15.0. The van der Waals surface area contributed by atoms with Crippen molar-refractivity contribution >= 4 is 17.1 Å². The zero-order valence-corrected chi connectivity index (χ0v) is 28.7. The first kappa shape index (κ1) is 30.2. The highest BCUT2D eigenvalue weighted by atomic mass is 15.1. The van der Waals surface area contributed by atoms with Crippen molar-refractivity contribution in [3.63, 3.8) is 0 Å². The molecule has 0 N–H and O–H groups in total. The van der Waals surface area contributed by atoms with Crippen LogP contribution in [0.4, 0.5) is 17.1 Å². The highest BCUT2D eigenvalue weighted by Gasteiger charge is 2.57. The molecule has 0 saturated heterocycles. The largest absolute Gasteiger partial charge is 0.310 e. The van der Waals surface area contributed by atoms with Crippen LogP contribution in [0.25, 0.3) is 33.4 Å². The van der Waals surface area contributed by atoms with Gasteiger partial charge in [0.05, 0.1) is 0 Å². The van der Waals surface area contributed by atoms with E-state index in [1.807, 2.05) is 0 Å². The van der Waals surface area contributed by atoms with Crippen molar-refractivity contribution in [2.24, 2.45) is 23.7 Å². The zero-order chi connectivity index (χ0) is 33.0. The van der Waals surface area contributed by atoms with Gasteiger partial charge in [-0.1, -0.05) is 136 Å². The summed E-state index contributed by atoms with van der Waals surface area (Å²) >= 11 is 0. The molecule has 6 aromatic carbocycles. The highest BCUT2D eigenvalue weighted by molar-refractivity contribution is 5.87. The molecule has 5 atom stereocenters. The Morgan fingerprint density at radius 3 is 1.65 bits per heavy atom. The van der Waals surface area contributed by atoms with Gasteiger partial charge in [0.2, 0.25) is 0 Å². The number of rotatable bonds is 6. The van der Waals surface area contributed by atoms with Gasteiger partial charge in [0, 0.05) is 22.5 Å². The highest BCUT2D eigenvalue weighted by Crippen LogP contribution is 2.65. The summed E-state index contributed by atoms with van der Waals surface area (Å²) in [5, 5.41) is 0. The summed E-state index contributed by atoms with van der Waals surface area (Å²) in [4.78, 5) is 2.48. The van der Waals surface area contributed by atoms with Crippen LogP contribution in [0.5, 0.6) is 0 Å². The van der Waals surface area contributed by atoms with Gasteiger partial charge in [0.15, 0.2) is 0 Å². The standard InChI is InChI=1S/C48H45N/c1-3-39-30-34-28-33(2)29-40(31-34)48(39)46-17-11-10-16-44(46)45-27-26-43(32-47(45)48)49(41-22-18-37(19-23-41)35-12-6-4-7-13-35)42-24-20-38(21-25-42)36-14-8-5-9-15-36/h4-27,32-34,39-40H,3,28-31H2,1-2H3/t33?,34-,39+,40-,48?/m0/s1. The van der Waals surface area contributed by atoms with E-state index >= 15 is 0 Å². The molecule has 2 unspecified atom stereocenters. The van der Waals surface area contributed by atoms with Gasteiger partial charge in [0.25, 0.3) is 0 Å². The van der Waals surface area contributed by atoms with Crippen molar-refractivity contribution in [2.45, 2.75) is 51.4 Å². The van der Waals surface area contributed by atoms with E-state index in [4.69, 9.17) is 0 Å². The predicted octanol–water partition coefficient (Wildman–Crippen LogP) is 13.2. The lowest BCUT2D eigenvalue weighted by atomic mass is 9.48. The fraction of sp³-hybridized carbons (Fsp3) is 0.250. The quantitative estimate of drug-likeness (QED) is 0.176. The van der Waals surface area contributed by atoms with Gasteiger partial charge in [-0.25, -0.2) is 0 Å². The van der Waals surface area contributed by atoms with Gasteiger partial charge in [0.1, 0.15) is 0 Å². The van der Waals surface area contributed by atoms with E-state index in [1.165, 1.54) is 82.5 Å². The van der Waals surface area contributed by atoms with Crippen LogP contribution in [0.3, 0.4) is 0 Å². The van der Waals surface area contributed by atoms with E-state index in [9.17, 15) is 0 Å². The second-order valence-corrected chi connectivity index (χ2v) is 15.0. The first-order valence-electron chi connectivity index (χ1n) is 18.5. The van der Waals surface area contributed by atoms with Gasteiger partial charge < -0.3 is 4.90 Å². The normalized spacial score (nSPS) is 23.6. The van der Waals surface area contributed by atoms with Gasteiger partial charge in [-0.2, -0.15) is 0 Å².